The van der Waals surface area contributed by atoms with Crippen molar-refractivity contribution in [1.82, 2.24) is 15.1 Å². The molecule has 0 saturated carbocycles. The summed E-state index contributed by atoms with van der Waals surface area (Å²) in [5.41, 5.74) is 2.25. The third-order valence-corrected chi connectivity index (χ3v) is 5.68. The number of nitrogens with one attached hydrogen (secondary N) is 1. The highest BCUT2D eigenvalue weighted by Crippen LogP contribution is 2.37. The molecule has 1 N–H and O–H groups in total. The van der Waals surface area contributed by atoms with Crippen molar-refractivity contribution in [2.24, 2.45) is 5.92 Å². The lowest BCUT2D eigenvalue weighted by atomic mass is 9.86. The van der Waals surface area contributed by atoms with Gasteiger partial charge in [-0.05, 0) is 44.0 Å². The number of carbonyl (C=O) groups excluding carboxylic acids is 1. The van der Waals surface area contributed by atoms with Crippen molar-refractivity contribution in [3.63, 3.8) is 0 Å². The lowest BCUT2D eigenvalue weighted by Crippen LogP contribution is -2.45. The molecule has 2 fully saturated rings. The highest BCUT2D eigenvalue weighted by molar-refractivity contribution is 5.97. The van der Waals surface area contributed by atoms with E-state index in [0.29, 0.717) is 18.5 Å². The molecule has 1 aliphatic carbocycles. The Balaban J connectivity index is 1.33. The van der Waals surface area contributed by atoms with Gasteiger partial charge in [0.15, 0.2) is 0 Å². The fourth-order valence-corrected chi connectivity index (χ4v) is 4.43. The Kier molecular flexibility index (Phi) is 4.36. The van der Waals surface area contributed by atoms with Crippen molar-refractivity contribution in [1.29, 1.82) is 0 Å². The molecule has 0 spiro atoms. The first-order chi connectivity index (χ1) is 11.3. The van der Waals surface area contributed by atoms with Gasteiger partial charge in [0.05, 0.1) is 6.04 Å². The normalized spacial score (nSPS) is 30.3. The molecule has 0 aromatic rings. The molecule has 4 heteroatoms. The molecule has 0 radical (unpaired) electrons. The Labute approximate surface area is 138 Å². The van der Waals surface area contributed by atoms with Crippen LogP contribution in [0.15, 0.2) is 35.5 Å². The molecule has 4 nitrogen and oxygen atoms in total. The van der Waals surface area contributed by atoms with Gasteiger partial charge in [-0.3, -0.25) is 4.79 Å². The summed E-state index contributed by atoms with van der Waals surface area (Å²) in [7, 11) is 0. The van der Waals surface area contributed by atoms with Crippen LogP contribution in [-0.4, -0.2) is 61.0 Å². The number of amides is 1. The highest BCUT2D eigenvalue weighted by Gasteiger charge is 2.41. The quantitative estimate of drug-likeness (QED) is 0.785. The van der Waals surface area contributed by atoms with Gasteiger partial charge in [0.25, 0.3) is 5.91 Å². The number of rotatable bonds is 5. The monoisotopic (exact) mass is 313 g/mol. The van der Waals surface area contributed by atoms with Crippen LogP contribution in [0.1, 0.15) is 25.7 Å². The molecule has 4 rings (SSSR count). The van der Waals surface area contributed by atoms with Gasteiger partial charge in [-0.25, -0.2) is 0 Å². The molecule has 3 heterocycles. The maximum atomic E-state index is 12.7. The van der Waals surface area contributed by atoms with Gasteiger partial charge in [-0.15, -0.1) is 0 Å². The van der Waals surface area contributed by atoms with Crippen molar-refractivity contribution >= 4 is 5.91 Å². The molecular weight excluding hydrogens is 286 g/mol. The first kappa shape index (κ1) is 15.2. The Hall–Kier alpha value is -1.39. The highest BCUT2D eigenvalue weighted by atomic mass is 16.2. The van der Waals surface area contributed by atoms with Crippen LogP contribution in [0.2, 0.25) is 0 Å². The zero-order chi connectivity index (χ0) is 15.6. The van der Waals surface area contributed by atoms with Crippen LogP contribution < -0.4 is 5.32 Å². The van der Waals surface area contributed by atoms with Crippen LogP contribution in [0.3, 0.4) is 0 Å². The summed E-state index contributed by atoms with van der Waals surface area (Å²) in [6.45, 7) is 6.14. The molecule has 2 unspecified atom stereocenters. The predicted octanol–water partition coefficient (Wildman–Crippen LogP) is 1.72. The number of nitrogens with zero attached hydrogens (tertiary/aromatic N) is 2. The molecular formula is C19H27N3O. The molecule has 0 bridgehead atoms. The van der Waals surface area contributed by atoms with E-state index in [9.17, 15) is 4.79 Å². The maximum absolute atomic E-state index is 12.7. The van der Waals surface area contributed by atoms with E-state index >= 15 is 0 Å². The van der Waals surface area contributed by atoms with Gasteiger partial charge in [0.1, 0.15) is 0 Å². The maximum Gasteiger partial charge on any atom is 0.251 e. The number of hydrogen-bond donors (Lipinski definition) is 1. The number of allylic oxidation sites excluding steroid dienone is 2. The third kappa shape index (κ3) is 3.02. The lowest BCUT2D eigenvalue weighted by Gasteiger charge is -2.35. The van der Waals surface area contributed by atoms with E-state index in [1.54, 1.807) is 0 Å². The average molecular weight is 313 g/mol. The van der Waals surface area contributed by atoms with Crippen LogP contribution >= 0.6 is 0 Å². The molecule has 2 saturated heterocycles. The lowest BCUT2D eigenvalue weighted by molar-refractivity contribution is -0.128. The fraction of sp³-hybridized carbons (Fsp3) is 0.632. The van der Waals surface area contributed by atoms with Crippen LogP contribution in [0, 0.1) is 5.92 Å². The van der Waals surface area contributed by atoms with Gasteiger partial charge in [-0.2, -0.15) is 0 Å². The minimum atomic E-state index is 0.246. The van der Waals surface area contributed by atoms with Crippen LogP contribution in [0.4, 0.5) is 0 Å². The van der Waals surface area contributed by atoms with Crippen molar-refractivity contribution in [2.75, 3.05) is 39.3 Å². The van der Waals surface area contributed by atoms with Crippen molar-refractivity contribution in [3.8, 4) is 0 Å². The molecule has 124 valence electrons. The second-order valence-corrected chi connectivity index (χ2v) is 7.20. The van der Waals surface area contributed by atoms with Crippen molar-refractivity contribution in [3.05, 3.63) is 35.5 Å². The molecule has 1 amide bonds. The van der Waals surface area contributed by atoms with Crippen LogP contribution in [-0.2, 0) is 4.79 Å². The second-order valence-electron chi connectivity index (χ2n) is 7.20. The van der Waals surface area contributed by atoms with Gasteiger partial charge in [0, 0.05) is 37.7 Å². The number of carbonyl (C=O) groups is 1. The van der Waals surface area contributed by atoms with Gasteiger partial charge < -0.3 is 15.1 Å². The smallest absolute Gasteiger partial charge is 0.251 e. The zero-order valence-corrected chi connectivity index (χ0v) is 13.8. The van der Waals surface area contributed by atoms with E-state index in [2.05, 4.69) is 39.4 Å². The summed E-state index contributed by atoms with van der Waals surface area (Å²) in [6.07, 6.45) is 13.9. The van der Waals surface area contributed by atoms with E-state index in [1.165, 1.54) is 37.9 Å². The van der Waals surface area contributed by atoms with Gasteiger partial charge in [-0.1, -0.05) is 24.6 Å². The van der Waals surface area contributed by atoms with Crippen LogP contribution in [0.5, 0.6) is 0 Å². The van der Waals surface area contributed by atoms with Crippen molar-refractivity contribution < 1.29 is 4.79 Å². The fourth-order valence-electron chi connectivity index (χ4n) is 4.43. The summed E-state index contributed by atoms with van der Waals surface area (Å²) in [5.74, 6) is 0.777. The Morgan fingerprint density at radius 3 is 2.91 bits per heavy atom. The van der Waals surface area contributed by atoms with E-state index in [4.69, 9.17) is 0 Å². The summed E-state index contributed by atoms with van der Waals surface area (Å²) >= 11 is 0. The Morgan fingerprint density at radius 1 is 1.17 bits per heavy atom. The molecule has 0 aromatic heterocycles. The van der Waals surface area contributed by atoms with E-state index in [1.807, 2.05) is 0 Å². The van der Waals surface area contributed by atoms with E-state index in [-0.39, 0.29) is 5.91 Å². The summed E-state index contributed by atoms with van der Waals surface area (Å²) in [5, 5.41) is 3.48. The molecule has 2 atom stereocenters. The first-order valence-electron chi connectivity index (χ1n) is 9.16. The standard InChI is InChI=1S/C19H27N3O/c23-19-17(14-20-8-12-21-9-2-1-3-10-21)13-16-6-4-5-15-7-11-22(19)18(15)16/h4-6,13,15,18,20H,1-3,7-12,14H2. The topological polar surface area (TPSA) is 35.6 Å². The number of hydrogen-bond acceptors (Lipinski definition) is 3. The third-order valence-electron chi connectivity index (χ3n) is 5.68. The number of piperidine rings is 1. The molecule has 0 aromatic carbocycles. The molecule has 4 aliphatic rings. The Morgan fingerprint density at radius 2 is 2.04 bits per heavy atom. The summed E-state index contributed by atoms with van der Waals surface area (Å²) in [4.78, 5) is 17.3. The Bertz CT molecular complexity index is 557. The second kappa shape index (κ2) is 6.62. The predicted molar refractivity (Wildman–Crippen MR) is 92.1 cm³/mol. The molecule has 23 heavy (non-hydrogen) atoms. The van der Waals surface area contributed by atoms with Crippen LogP contribution in [0.25, 0.3) is 0 Å². The van der Waals surface area contributed by atoms with E-state index < -0.39 is 0 Å². The van der Waals surface area contributed by atoms with Gasteiger partial charge in [0.2, 0.25) is 0 Å². The largest absolute Gasteiger partial charge is 0.331 e. The molecule has 3 aliphatic heterocycles. The minimum absolute atomic E-state index is 0.246. The summed E-state index contributed by atoms with van der Waals surface area (Å²) < 4.78 is 0. The number of likely N-dealkylation sites (tertiary alicyclic amines) is 1. The minimum Gasteiger partial charge on any atom is -0.331 e. The average Bonchev–Trinajstić information content (AvgIpc) is 3.02. The summed E-state index contributed by atoms with van der Waals surface area (Å²) in [6, 6.07) is 0.310. The van der Waals surface area contributed by atoms with Crippen molar-refractivity contribution in [2.45, 2.75) is 31.7 Å². The van der Waals surface area contributed by atoms with Gasteiger partial charge >= 0.3 is 0 Å². The first-order valence-corrected chi connectivity index (χ1v) is 9.16. The zero-order valence-electron chi connectivity index (χ0n) is 13.8. The van der Waals surface area contributed by atoms with E-state index in [0.717, 1.165) is 31.6 Å². The SMILES string of the molecule is O=C1C(CNCCN2CCCCC2)=CC2=CC=CC3CCN1C23.